The second-order valence-corrected chi connectivity index (χ2v) is 6.00. The van der Waals surface area contributed by atoms with E-state index in [4.69, 9.17) is 5.73 Å². The van der Waals surface area contributed by atoms with E-state index in [0.29, 0.717) is 6.04 Å². The van der Waals surface area contributed by atoms with Crippen molar-refractivity contribution in [3.8, 4) is 0 Å². The van der Waals surface area contributed by atoms with Gasteiger partial charge in [0.15, 0.2) is 0 Å². The van der Waals surface area contributed by atoms with Crippen LogP contribution in [0.5, 0.6) is 0 Å². The van der Waals surface area contributed by atoms with Crippen LogP contribution >= 0.6 is 0 Å². The highest BCUT2D eigenvalue weighted by atomic mass is 15.1. The van der Waals surface area contributed by atoms with Gasteiger partial charge in [0.2, 0.25) is 0 Å². The first-order valence-electron chi connectivity index (χ1n) is 7.66. The lowest BCUT2D eigenvalue weighted by Gasteiger charge is -2.36. The number of hydrogen-bond donors (Lipinski definition) is 1. The molecule has 0 spiro atoms. The van der Waals surface area contributed by atoms with Gasteiger partial charge in [-0.2, -0.15) is 0 Å². The SMILES string of the molecule is CCN(Cc1c(C)cccc1C)C1CCC(N)CC1. The van der Waals surface area contributed by atoms with E-state index in [1.165, 1.54) is 42.4 Å². The molecule has 0 aromatic heterocycles. The summed E-state index contributed by atoms with van der Waals surface area (Å²) in [6.07, 6.45) is 4.90. The highest BCUT2D eigenvalue weighted by molar-refractivity contribution is 5.33. The molecule has 19 heavy (non-hydrogen) atoms. The third kappa shape index (κ3) is 3.58. The summed E-state index contributed by atoms with van der Waals surface area (Å²) in [7, 11) is 0. The van der Waals surface area contributed by atoms with E-state index in [2.05, 4.69) is 43.9 Å². The van der Waals surface area contributed by atoms with Gasteiger partial charge in [-0.25, -0.2) is 0 Å². The Morgan fingerprint density at radius 2 is 1.68 bits per heavy atom. The lowest BCUT2D eigenvalue weighted by atomic mass is 9.90. The molecule has 2 heteroatoms. The second kappa shape index (κ2) is 6.53. The van der Waals surface area contributed by atoms with Gasteiger partial charge in [0.05, 0.1) is 0 Å². The average molecular weight is 260 g/mol. The van der Waals surface area contributed by atoms with Crippen LogP contribution in [0.4, 0.5) is 0 Å². The summed E-state index contributed by atoms with van der Waals surface area (Å²) in [6.45, 7) is 8.96. The van der Waals surface area contributed by atoms with Gasteiger partial charge in [-0.15, -0.1) is 0 Å². The smallest absolute Gasteiger partial charge is 0.0241 e. The number of benzene rings is 1. The Morgan fingerprint density at radius 1 is 1.11 bits per heavy atom. The van der Waals surface area contributed by atoms with Gasteiger partial charge < -0.3 is 5.73 Å². The third-order valence-electron chi connectivity index (χ3n) is 4.67. The lowest BCUT2D eigenvalue weighted by molar-refractivity contribution is 0.149. The minimum Gasteiger partial charge on any atom is -0.328 e. The molecule has 1 aromatic carbocycles. The van der Waals surface area contributed by atoms with E-state index < -0.39 is 0 Å². The van der Waals surface area contributed by atoms with Crippen LogP contribution in [0.15, 0.2) is 18.2 Å². The Bertz CT molecular complexity index is 385. The van der Waals surface area contributed by atoms with Crippen LogP contribution in [0.2, 0.25) is 0 Å². The molecule has 0 heterocycles. The molecule has 2 nitrogen and oxygen atoms in total. The molecule has 0 radical (unpaired) electrons. The van der Waals surface area contributed by atoms with Crippen molar-refractivity contribution in [1.29, 1.82) is 0 Å². The van der Waals surface area contributed by atoms with Crippen LogP contribution in [-0.4, -0.2) is 23.5 Å². The van der Waals surface area contributed by atoms with Crippen molar-refractivity contribution in [3.05, 3.63) is 34.9 Å². The van der Waals surface area contributed by atoms with Crippen molar-refractivity contribution >= 4 is 0 Å². The van der Waals surface area contributed by atoms with Crippen LogP contribution in [0.25, 0.3) is 0 Å². The Kier molecular flexibility index (Phi) is 5.00. The molecule has 2 N–H and O–H groups in total. The third-order valence-corrected chi connectivity index (χ3v) is 4.67. The van der Waals surface area contributed by atoms with E-state index in [9.17, 15) is 0 Å². The van der Waals surface area contributed by atoms with Gasteiger partial charge in [0.25, 0.3) is 0 Å². The highest BCUT2D eigenvalue weighted by Gasteiger charge is 2.23. The van der Waals surface area contributed by atoms with Gasteiger partial charge in [-0.05, 0) is 62.8 Å². The molecule has 0 amide bonds. The van der Waals surface area contributed by atoms with Crippen LogP contribution in [0, 0.1) is 13.8 Å². The quantitative estimate of drug-likeness (QED) is 0.899. The van der Waals surface area contributed by atoms with Crippen LogP contribution in [0.1, 0.15) is 49.3 Å². The molecule has 0 aliphatic heterocycles. The molecule has 0 atom stereocenters. The summed E-state index contributed by atoms with van der Waals surface area (Å²) in [5, 5.41) is 0. The maximum absolute atomic E-state index is 6.02. The van der Waals surface area contributed by atoms with Crippen LogP contribution < -0.4 is 5.73 Å². The van der Waals surface area contributed by atoms with E-state index in [1.807, 2.05) is 0 Å². The molecule has 1 saturated carbocycles. The average Bonchev–Trinajstić information content (AvgIpc) is 2.40. The fourth-order valence-electron chi connectivity index (χ4n) is 3.27. The Morgan fingerprint density at radius 3 is 2.21 bits per heavy atom. The van der Waals surface area contributed by atoms with Gasteiger partial charge in [-0.1, -0.05) is 25.1 Å². The summed E-state index contributed by atoms with van der Waals surface area (Å²) < 4.78 is 0. The predicted octanol–water partition coefficient (Wildman–Crippen LogP) is 3.40. The molecule has 2 rings (SSSR count). The standard InChI is InChI=1S/C17H28N2/c1-4-19(16-10-8-15(18)9-11-16)12-17-13(2)6-5-7-14(17)3/h5-7,15-16H,4,8-12,18H2,1-3H3. The molecule has 0 unspecified atom stereocenters. The normalized spacial score (nSPS) is 23.8. The number of nitrogens with zero attached hydrogens (tertiary/aromatic N) is 1. The first-order chi connectivity index (χ1) is 9.11. The van der Waals surface area contributed by atoms with E-state index in [0.717, 1.165) is 19.1 Å². The topological polar surface area (TPSA) is 29.3 Å². The first kappa shape index (κ1) is 14.5. The zero-order chi connectivity index (χ0) is 13.8. The highest BCUT2D eigenvalue weighted by Crippen LogP contribution is 2.25. The van der Waals surface area contributed by atoms with E-state index >= 15 is 0 Å². The summed E-state index contributed by atoms with van der Waals surface area (Å²) >= 11 is 0. The molecule has 1 aliphatic rings. The number of hydrogen-bond acceptors (Lipinski definition) is 2. The molecular weight excluding hydrogens is 232 g/mol. The number of aryl methyl sites for hydroxylation is 2. The molecule has 1 aliphatic carbocycles. The maximum Gasteiger partial charge on any atom is 0.0241 e. The molecule has 1 aromatic rings. The monoisotopic (exact) mass is 260 g/mol. The van der Waals surface area contributed by atoms with Gasteiger partial charge in [0.1, 0.15) is 0 Å². The van der Waals surface area contributed by atoms with Crippen molar-refractivity contribution in [2.24, 2.45) is 5.73 Å². The fraction of sp³-hybridized carbons (Fsp3) is 0.647. The molecular formula is C17H28N2. The molecule has 106 valence electrons. The lowest BCUT2D eigenvalue weighted by Crippen LogP contribution is -2.40. The predicted molar refractivity (Wildman–Crippen MR) is 82.2 cm³/mol. The second-order valence-electron chi connectivity index (χ2n) is 6.00. The number of rotatable bonds is 4. The largest absolute Gasteiger partial charge is 0.328 e. The van der Waals surface area contributed by atoms with Crippen LogP contribution in [0.3, 0.4) is 0 Å². The van der Waals surface area contributed by atoms with Crippen molar-refractivity contribution in [1.82, 2.24) is 4.90 Å². The van der Waals surface area contributed by atoms with Crippen molar-refractivity contribution in [2.45, 2.75) is 65.1 Å². The Balaban J connectivity index is 2.06. The van der Waals surface area contributed by atoms with Crippen molar-refractivity contribution < 1.29 is 0 Å². The summed E-state index contributed by atoms with van der Waals surface area (Å²) in [5.41, 5.74) is 10.4. The van der Waals surface area contributed by atoms with Crippen molar-refractivity contribution in [3.63, 3.8) is 0 Å². The molecule has 1 fully saturated rings. The Labute approximate surface area is 118 Å². The van der Waals surface area contributed by atoms with E-state index in [1.54, 1.807) is 0 Å². The number of nitrogens with two attached hydrogens (primary N) is 1. The van der Waals surface area contributed by atoms with E-state index in [-0.39, 0.29) is 0 Å². The zero-order valence-electron chi connectivity index (χ0n) is 12.7. The first-order valence-corrected chi connectivity index (χ1v) is 7.66. The minimum absolute atomic E-state index is 0.440. The molecule has 0 saturated heterocycles. The summed E-state index contributed by atoms with van der Waals surface area (Å²) in [6, 6.07) is 7.78. The minimum atomic E-state index is 0.440. The van der Waals surface area contributed by atoms with Gasteiger partial charge in [0, 0.05) is 18.6 Å². The van der Waals surface area contributed by atoms with Crippen molar-refractivity contribution in [2.75, 3.05) is 6.54 Å². The zero-order valence-corrected chi connectivity index (χ0v) is 12.7. The summed E-state index contributed by atoms with van der Waals surface area (Å²) in [5.74, 6) is 0. The fourth-order valence-corrected chi connectivity index (χ4v) is 3.27. The Hall–Kier alpha value is -0.860. The maximum atomic E-state index is 6.02. The van der Waals surface area contributed by atoms with Gasteiger partial charge in [-0.3, -0.25) is 4.90 Å². The molecule has 0 bridgehead atoms. The van der Waals surface area contributed by atoms with Crippen LogP contribution in [-0.2, 0) is 6.54 Å². The summed E-state index contributed by atoms with van der Waals surface area (Å²) in [4.78, 5) is 2.64. The van der Waals surface area contributed by atoms with Gasteiger partial charge >= 0.3 is 0 Å².